The number of halogens is 5. The van der Waals surface area contributed by atoms with Crippen LogP contribution >= 0.6 is 0 Å². The molecule has 0 aromatic heterocycles. The summed E-state index contributed by atoms with van der Waals surface area (Å²) in [6.07, 6.45) is -5.96. The Bertz CT molecular complexity index is 646. The average Bonchev–Trinajstić information content (AvgIpc) is 2.59. The quantitative estimate of drug-likeness (QED) is 0.653. The highest BCUT2D eigenvalue weighted by molar-refractivity contribution is 5.94. The summed E-state index contributed by atoms with van der Waals surface area (Å²) in [4.78, 5) is 24.4. The van der Waals surface area contributed by atoms with Crippen molar-refractivity contribution in [1.29, 1.82) is 0 Å². The van der Waals surface area contributed by atoms with Crippen LogP contribution in [0.2, 0.25) is 0 Å². The highest BCUT2D eigenvalue weighted by atomic mass is 19.4. The van der Waals surface area contributed by atoms with E-state index >= 15 is 0 Å². The number of piperazine rings is 1. The molecule has 0 aliphatic carbocycles. The number of ketones is 1. The van der Waals surface area contributed by atoms with Gasteiger partial charge in [0, 0.05) is 25.3 Å². The lowest BCUT2D eigenvalue weighted by Crippen LogP contribution is -2.61. The molecule has 1 aromatic rings. The first-order valence-electron chi connectivity index (χ1n) is 7.24. The van der Waals surface area contributed by atoms with Crippen molar-refractivity contribution in [1.82, 2.24) is 5.32 Å². The maximum atomic E-state index is 13.4. The van der Waals surface area contributed by atoms with E-state index in [4.69, 9.17) is 0 Å². The van der Waals surface area contributed by atoms with Gasteiger partial charge in [-0.25, -0.2) is 4.79 Å². The molecule has 0 amide bonds. The van der Waals surface area contributed by atoms with E-state index in [1.54, 1.807) is 0 Å². The zero-order valence-corrected chi connectivity index (χ0v) is 13.1. The van der Waals surface area contributed by atoms with Gasteiger partial charge in [-0.1, -0.05) is 0 Å². The Balaban J connectivity index is 2.29. The first-order chi connectivity index (χ1) is 11.6. The number of methoxy groups -OCH3 is 1. The van der Waals surface area contributed by atoms with Crippen LogP contribution in [0.25, 0.3) is 0 Å². The van der Waals surface area contributed by atoms with Gasteiger partial charge in [0.1, 0.15) is 6.04 Å². The van der Waals surface area contributed by atoms with Crippen LogP contribution in [0.4, 0.5) is 27.6 Å². The van der Waals surface area contributed by atoms with Gasteiger partial charge < -0.3 is 15.0 Å². The summed E-state index contributed by atoms with van der Waals surface area (Å²) in [6.45, 7) is 0.0191. The van der Waals surface area contributed by atoms with Crippen molar-refractivity contribution in [2.24, 2.45) is 0 Å². The molecular weight excluding hydrogens is 351 g/mol. The molecule has 25 heavy (non-hydrogen) atoms. The number of ether oxygens (including phenoxy) is 1. The molecule has 1 atom stereocenters. The minimum Gasteiger partial charge on any atom is -0.465 e. The molecule has 0 bridgehead atoms. The number of hydrogen-bond acceptors (Lipinski definition) is 5. The number of nitrogens with zero attached hydrogens (tertiary/aromatic N) is 1. The molecule has 1 aliphatic heterocycles. The van der Waals surface area contributed by atoms with Gasteiger partial charge in [0.25, 0.3) is 0 Å². The molecule has 1 fully saturated rings. The third-order valence-electron chi connectivity index (χ3n) is 3.83. The Morgan fingerprint density at radius 2 is 1.76 bits per heavy atom. The summed E-state index contributed by atoms with van der Waals surface area (Å²) in [5, 5.41) is 2.64. The molecule has 2 rings (SSSR count). The van der Waals surface area contributed by atoms with Crippen LogP contribution in [0, 0.1) is 0 Å². The van der Waals surface area contributed by atoms with Crippen LogP contribution in [0.1, 0.15) is 10.4 Å². The summed E-state index contributed by atoms with van der Waals surface area (Å²) >= 11 is 0. The molecule has 1 heterocycles. The van der Waals surface area contributed by atoms with E-state index in [2.05, 4.69) is 10.1 Å². The third kappa shape index (κ3) is 3.73. The topological polar surface area (TPSA) is 58.6 Å². The lowest BCUT2D eigenvalue weighted by atomic mass is 10.0. The molecule has 1 unspecified atom stereocenters. The summed E-state index contributed by atoms with van der Waals surface area (Å²) in [6, 6.07) is 3.72. The molecule has 10 heteroatoms. The van der Waals surface area contributed by atoms with Gasteiger partial charge in [-0.2, -0.15) is 22.0 Å². The Kier molecular flexibility index (Phi) is 5.31. The second-order valence-electron chi connectivity index (χ2n) is 5.39. The highest BCUT2D eigenvalue weighted by Gasteiger charge is 2.65. The van der Waals surface area contributed by atoms with Gasteiger partial charge in [0.15, 0.2) is 0 Å². The molecule has 5 nitrogen and oxygen atoms in total. The fourth-order valence-electron chi connectivity index (χ4n) is 2.50. The number of hydrogen-bond donors (Lipinski definition) is 1. The predicted molar refractivity (Wildman–Crippen MR) is 77.8 cm³/mol. The second-order valence-corrected chi connectivity index (χ2v) is 5.39. The number of carbonyl (C=O) groups excluding carboxylic acids is 2. The van der Waals surface area contributed by atoms with Crippen LogP contribution in [0.15, 0.2) is 24.3 Å². The van der Waals surface area contributed by atoms with Crippen LogP contribution in [-0.4, -0.2) is 56.6 Å². The Hall–Kier alpha value is -2.23. The highest BCUT2D eigenvalue weighted by Crippen LogP contribution is 2.38. The molecule has 1 aliphatic rings. The number of nitrogens with one attached hydrogen (secondary N) is 1. The number of Topliss-reactive ketones (excluding diaryl/α,β-unsaturated/α-hetero) is 1. The number of anilines is 1. The minimum absolute atomic E-state index is 0.0575. The normalized spacial score (nSPS) is 18.8. The van der Waals surface area contributed by atoms with Crippen LogP contribution in [0.5, 0.6) is 0 Å². The lowest BCUT2D eigenvalue weighted by Gasteiger charge is -2.38. The first-order valence-corrected chi connectivity index (χ1v) is 7.24. The molecular formula is C15H15F5N2O3. The molecule has 0 spiro atoms. The monoisotopic (exact) mass is 366 g/mol. The zero-order valence-electron chi connectivity index (χ0n) is 13.1. The fourth-order valence-corrected chi connectivity index (χ4v) is 2.50. The van der Waals surface area contributed by atoms with E-state index in [1.807, 2.05) is 0 Å². The SMILES string of the molecule is COC(=O)c1ccc(N2CCNCC2C(=O)C(F)(F)C(F)(F)F)cc1. The van der Waals surface area contributed by atoms with E-state index in [1.165, 1.54) is 36.3 Å². The smallest absolute Gasteiger partial charge is 0.461 e. The van der Waals surface area contributed by atoms with E-state index < -0.39 is 29.9 Å². The Morgan fingerprint density at radius 1 is 1.16 bits per heavy atom. The van der Waals surface area contributed by atoms with E-state index in [9.17, 15) is 31.5 Å². The zero-order chi connectivity index (χ0) is 18.8. The van der Waals surface area contributed by atoms with Gasteiger partial charge in [-0.3, -0.25) is 4.79 Å². The standard InChI is InChI=1S/C15H15F5N2O3/c1-25-13(24)9-2-4-10(5-3-9)22-7-6-21-8-11(22)12(23)14(16,17)15(18,19)20/h2-5,11,21H,6-8H2,1H3. The van der Waals surface area contributed by atoms with Crippen molar-refractivity contribution in [2.45, 2.75) is 18.1 Å². The molecule has 138 valence electrons. The molecule has 0 saturated carbocycles. The number of alkyl halides is 5. The van der Waals surface area contributed by atoms with E-state index in [0.717, 1.165) is 0 Å². The second kappa shape index (κ2) is 6.95. The molecule has 1 saturated heterocycles. The number of rotatable bonds is 4. The molecule has 0 radical (unpaired) electrons. The van der Waals surface area contributed by atoms with Gasteiger partial charge >= 0.3 is 18.1 Å². The van der Waals surface area contributed by atoms with Crippen molar-refractivity contribution in [3.8, 4) is 0 Å². The summed E-state index contributed by atoms with van der Waals surface area (Å²) in [5.41, 5.74) is 0.440. The number of benzene rings is 1. The molecule has 1 aromatic carbocycles. The molecule has 1 N–H and O–H groups in total. The van der Waals surface area contributed by atoms with Crippen molar-refractivity contribution in [2.75, 3.05) is 31.6 Å². The van der Waals surface area contributed by atoms with Crippen molar-refractivity contribution < 1.29 is 36.3 Å². The van der Waals surface area contributed by atoms with Gasteiger partial charge in [0.05, 0.1) is 12.7 Å². The number of carbonyl (C=O) groups is 2. The Labute approximate surface area is 139 Å². The largest absolute Gasteiger partial charge is 0.465 e. The van der Waals surface area contributed by atoms with Gasteiger partial charge in [0.2, 0.25) is 5.78 Å². The van der Waals surface area contributed by atoms with Gasteiger partial charge in [-0.15, -0.1) is 0 Å². The van der Waals surface area contributed by atoms with Crippen LogP contribution < -0.4 is 10.2 Å². The van der Waals surface area contributed by atoms with Crippen molar-refractivity contribution in [3.63, 3.8) is 0 Å². The van der Waals surface area contributed by atoms with Crippen LogP contribution in [-0.2, 0) is 9.53 Å². The summed E-state index contributed by atoms with van der Waals surface area (Å²) in [7, 11) is 1.18. The summed E-state index contributed by atoms with van der Waals surface area (Å²) in [5.74, 6) is -8.28. The number of esters is 1. The average molecular weight is 366 g/mol. The van der Waals surface area contributed by atoms with Crippen LogP contribution in [0.3, 0.4) is 0 Å². The Morgan fingerprint density at radius 3 is 2.28 bits per heavy atom. The lowest BCUT2D eigenvalue weighted by molar-refractivity contribution is -0.269. The summed E-state index contributed by atoms with van der Waals surface area (Å²) < 4.78 is 68.8. The van der Waals surface area contributed by atoms with E-state index in [0.29, 0.717) is 6.54 Å². The van der Waals surface area contributed by atoms with Crippen molar-refractivity contribution >= 4 is 17.4 Å². The van der Waals surface area contributed by atoms with Crippen molar-refractivity contribution in [3.05, 3.63) is 29.8 Å². The minimum atomic E-state index is -5.96. The third-order valence-corrected chi connectivity index (χ3v) is 3.83. The maximum absolute atomic E-state index is 13.4. The van der Waals surface area contributed by atoms with Gasteiger partial charge in [-0.05, 0) is 24.3 Å². The first kappa shape index (κ1) is 19.1. The fraction of sp³-hybridized carbons (Fsp3) is 0.467. The predicted octanol–water partition coefficient (Wildman–Crippen LogP) is 2.02. The maximum Gasteiger partial charge on any atom is 0.461 e. The van der Waals surface area contributed by atoms with E-state index in [-0.39, 0.29) is 24.3 Å².